The largest absolute Gasteiger partial charge is 0.481 e. The van der Waals surface area contributed by atoms with Crippen LogP contribution in [-0.4, -0.2) is 28.7 Å². The fourth-order valence-corrected chi connectivity index (χ4v) is 4.65. The van der Waals surface area contributed by atoms with Crippen molar-refractivity contribution in [1.82, 2.24) is 9.78 Å². The summed E-state index contributed by atoms with van der Waals surface area (Å²) in [5.74, 6) is -1.53. The number of hydrogen-bond donors (Lipinski definition) is 1. The first-order chi connectivity index (χ1) is 13.9. The Morgan fingerprint density at radius 3 is 2.79 bits per heavy atom. The molecule has 2 aromatic heterocycles. The maximum atomic E-state index is 13.4. The first-order valence-electron chi connectivity index (χ1n) is 9.42. The molecule has 4 rings (SSSR count). The zero-order chi connectivity index (χ0) is 20.5. The van der Waals surface area contributed by atoms with E-state index in [1.165, 1.54) is 23.5 Å². The normalized spacial score (nSPS) is 13.9. The molecule has 0 bridgehead atoms. The summed E-state index contributed by atoms with van der Waals surface area (Å²) in [4.78, 5) is 13.5. The minimum Gasteiger partial charge on any atom is -0.481 e. The fourth-order valence-electron chi connectivity index (χ4n) is 3.67. The van der Waals surface area contributed by atoms with Crippen LogP contribution in [0.2, 0.25) is 0 Å². The zero-order valence-electron chi connectivity index (χ0n) is 16.0. The van der Waals surface area contributed by atoms with E-state index in [1.54, 1.807) is 0 Å². The number of thiophene rings is 1. The topological polar surface area (TPSA) is 70.1 Å². The minimum absolute atomic E-state index is 0.0530. The van der Waals surface area contributed by atoms with Gasteiger partial charge in [0.15, 0.2) is 10.8 Å². The Morgan fingerprint density at radius 2 is 2.07 bits per heavy atom. The second-order valence-electron chi connectivity index (χ2n) is 7.27. The first kappa shape index (κ1) is 19.7. The van der Waals surface area contributed by atoms with Crippen molar-refractivity contribution in [2.24, 2.45) is 11.7 Å². The molecule has 1 aliphatic rings. The van der Waals surface area contributed by atoms with Gasteiger partial charge in [0.05, 0.1) is 28.9 Å². The Morgan fingerprint density at radius 1 is 1.31 bits per heavy atom. The summed E-state index contributed by atoms with van der Waals surface area (Å²) in [5.41, 5.74) is 9.21. The van der Waals surface area contributed by atoms with Crippen molar-refractivity contribution < 1.29 is 18.3 Å². The zero-order valence-corrected chi connectivity index (χ0v) is 16.8. The predicted molar refractivity (Wildman–Crippen MR) is 107 cm³/mol. The highest BCUT2D eigenvalue weighted by Gasteiger charge is 2.25. The SMILES string of the molecule is Cc1cnn2c1-c1cc(C(=O)C[C@H](CN)Cc3cc(F)cc(F)c3)sc1OCC2. The minimum atomic E-state index is -0.631. The number of nitrogens with zero attached hydrogens (tertiary/aromatic N) is 2. The molecule has 8 heteroatoms. The number of aromatic nitrogens is 2. The van der Waals surface area contributed by atoms with E-state index >= 15 is 0 Å². The van der Waals surface area contributed by atoms with Crippen molar-refractivity contribution in [2.75, 3.05) is 13.2 Å². The molecule has 1 aromatic carbocycles. The molecule has 0 amide bonds. The van der Waals surface area contributed by atoms with Crippen LogP contribution in [0, 0.1) is 24.5 Å². The van der Waals surface area contributed by atoms with Gasteiger partial charge in [0.2, 0.25) is 0 Å². The number of ether oxygens (including phenoxy) is 1. The van der Waals surface area contributed by atoms with E-state index in [4.69, 9.17) is 10.5 Å². The lowest BCUT2D eigenvalue weighted by Gasteiger charge is -2.13. The number of Topliss-reactive ketones (excluding diaryl/α,β-unsaturated/α-hetero) is 1. The fraction of sp³-hybridized carbons (Fsp3) is 0.333. The molecule has 5 nitrogen and oxygen atoms in total. The average molecular weight is 417 g/mol. The Hall–Kier alpha value is -2.58. The van der Waals surface area contributed by atoms with Gasteiger partial charge in [-0.15, -0.1) is 0 Å². The quantitative estimate of drug-likeness (QED) is 0.616. The number of carbonyl (C=O) groups excluding carboxylic acids is 1. The predicted octanol–water partition coefficient (Wildman–Crippen LogP) is 3.98. The molecule has 1 aliphatic heterocycles. The van der Waals surface area contributed by atoms with Crippen molar-refractivity contribution in [2.45, 2.75) is 26.3 Å². The molecule has 0 radical (unpaired) electrons. The van der Waals surface area contributed by atoms with Crippen LogP contribution in [0.5, 0.6) is 5.06 Å². The van der Waals surface area contributed by atoms with Crippen molar-refractivity contribution >= 4 is 17.1 Å². The molecule has 0 saturated carbocycles. The van der Waals surface area contributed by atoms with Crippen molar-refractivity contribution in [3.05, 3.63) is 58.1 Å². The van der Waals surface area contributed by atoms with Crippen LogP contribution < -0.4 is 10.5 Å². The van der Waals surface area contributed by atoms with Gasteiger partial charge in [-0.2, -0.15) is 5.10 Å². The molecule has 152 valence electrons. The highest BCUT2D eigenvalue weighted by Crippen LogP contribution is 2.41. The summed E-state index contributed by atoms with van der Waals surface area (Å²) in [7, 11) is 0. The number of hydrogen-bond acceptors (Lipinski definition) is 5. The Bertz CT molecular complexity index is 1040. The molecular formula is C21H21F2N3O2S. The monoisotopic (exact) mass is 417 g/mol. The lowest BCUT2D eigenvalue weighted by molar-refractivity contribution is 0.0966. The second-order valence-corrected chi connectivity index (χ2v) is 8.29. The summed E-state index contributed by atoms with van der Waals surface area (Å²) in [6.07, 6.45) is 2.35. The number of fused-ring (bicyclic) bond motifs is 3. The van der Waals surface area contributed by atoms with Gasteiger partial charge in [0, 0.05) is 12.5 Å². The number of halogens is 2. The van der Waals surface area contributed by atoms with E-state index in [-0.39, 0.29) is 24.7 Å². The maximum Gasteiger partial charge on any atom is 0.183 e. The van der Waals surface area contributed by atoms with Crippen LogP contribution in [0.15, 0.2) is 30.5 Å². The molecule has 0 saturated heterocycles. The van der Waals surface area contributed by atoms with Gasteiger partial charge in [0.25, 0.3) is 0 Å². The summed E-state index contributed by atoms with van der Waals surface area (Å²) in [5, 5.41) is 5.09. The smallest absolute Gasteiger partial charge is 0.183 e. The van der Waals surface area contributed by atoms with E-state index in [1.807, 2.05) is 23.9 Å². The number of aryl methyl sites for hydroxylation is 1. The van der Waals surface area contributed by atoms with Crippen LogP contribution in [0.25, 0.3) is 11.3 Å². The summed E-state index contributed by atoms with van der Waals surface area (Å²) in [6.45, 7) is 3.38. The lowest BCUT2D eigenvalue weighted by atomic mass is 9.93. The number of carbonyl (C=O) groups is 1. The number of ketones is 1. The molecule has 1 atom stereocenters. The third-order valence-electron chi connectivity index (χ3n) is 5.04. The lowest BCUT2D eigenvalue weighted by Crippen LogP contribution is -2.20. The molecule has 0 unspecified atom stereocenters. The van der Waals surface area contributed by atoms with E-state index in [9.17, 15) is 13.6 Å². The highest BCUT2D eigenvalue weighted by atomic mass is 32.1. The molecule has 0 spiro atoms. The summed E-state index contributed by atoms with van der Waals surface area (Å²) >= 11 is 1.32. The first-order valence-corrected chi connectivity index (χ1v) is 10.2. The number of nitrogens with two attached hydrogens (primary N) is 1. The Labute approximate surface area is 171 Å². The molecule has 0 fully saturated rings. The third kappa shape index (κ3) is 4.09. The van der Waals surface area contributed by atoms with E-state index in [2.05, 4.69) is 5.10 Å². The summed E-state index contributed by atoms with van der Waals surface area (Å²) in [6, 6.07) is 5.24. The standard InChI is InChI=1S/C21H21F2N3O2S/c1-12-11-25-26-2-3-28-21-17(20(12)26)9-19(29-21)18(27)7-14(10-24)4-13-5-15(22)8-16(23)6-13/h5-6,8-9,11,14H,2-4,7,10,24H2,1H3/t14-/m1/s1. The van der Waals surface area contributed by atoms with E-state index < -0.39 is 11.6 Å². The van der Waals surface area contributed by atoms with Gasteiger partial charge in [-0.25, -0.2) is 8.78 Å². The van der Waals surface area contributed by atoms with Crippen LogP contribution in [0.3, 0.4) is 0 Å². The molecule has 3 aromatic rings. The molecule has 29 heavy (non-hydrogen) atoms. The average Bonchev–Trinajstić information content (AvgIpc) is 3.19. The van der Waals surface area contributed by atoms with Gasteiger partial charge < -0.3 is 10.5 Å². The van der Waals surface area contributed by atoms with Gasteiger partial charge in [-0.3, -0.25) is 9.48 Å². The van der Waals surface area contributed by atoms with Crippen molar-refractivity contribution in [1.29, 1.82) is 0 Å². The third-order valence-corrected chi connectivity index (χ3v) is 6.13. The van der Waals surface area contributed by atoms with Crippen LogP contribution in [0.4, 0.5) is 8.78 Å². The molecule has 3 heterocycles. The van der Waals surface area contributed by atoms with Crippen LogP contribution >= 0.6 is 11.3 Å². The second kappa shape index (κ2) is 8.04. The Kier molecular flexibility index (Phi) is 5.47. The Balaban J connectivity index is 1.54. The molecular weight excluding hydrogens is 396 g/mol. The highest BCUT2D eigenvalue weighted by molar-refractivity contribution is 7.16. The van der Waals surface area contributed by atoms with Crippen molar-refractivity contribution in [3.8, 4) is 16.3 Å². The number of benzene rings is 1. The van der Waals surface area contributed by atoms with Crippen molar-refractivity contribution in [3.63, 3.8) is 0 Å². The van der Waals surface area contributed by atoms with Crippen LogP contribution in [0.1, 0.15) is 27.2 Å². The molecule has 2 N–H and O–H groups in total. The summed E-state index contributed by atoms with van der Waals surface area (Å²) < 4.78 is 34.6. The van der Waals surface area contributed by atoms with Gasteiger partial charge >= 0.3 is 0 Å². The van der Waals surface area contributed by atoms with Gasteiger partial charge in [-0.05, 0) is 55.1 Å². The molecule has 0 aliphatic carbocycles. The van der Waals surface area contributed by atoms with E-state index in [0.717, 1.165) is 22.9 Å². The van der Waals surface area contributed by atoms with Crippen LogP contribution in [-0.2, 0) is 13.0 Å². The maximum absolute atomic E-state index is 13.4. The van der Waals surface area contributed by atoms with Gasteiger partial charge in [0.1, 0.15) is 18.2 Å². The van der Waals surface area contributed by atoms with Gasteiger partial charge in [-0.1, -0.05) is 11.3 Å². The van der Waals surface area contributed by atoms with E-state index in [0.29, 0.717) is 35.1 Å². The number of rotatable bonds is 6.